The first-order valence-corrected chi connectivity index (χ1v) is 10.2. The van der Waals surface area contributed by atoms with Gasteiger partial charge in [0.2, 0.25) is 5.91 Å². The fourth-order valence-corrected chi connectivity index (χ4v) is 4.11. The van der Waals surface area contributed by atoms with E-state index in [1.807, 2.05) is 25.3 Å². The van der Waals surface area contributed by atoms with Gasteiger partial charge in [0.05, 0.1) is 28.3 Å². The van der Waals surface area contributed by atoms with E-state index in [0.717, 1.165) is 64.4 Å². The van der Waals surface area contributed by atoms with Gasteiger partial charge >= 0.3 is 0 Å². The van der Waals surface area contributed by atoms with E-state index in [1.165, 1.54) is 11.1 Å². The maximum Gasteiger partial charge on any atom is 0.228 e. The Kier molecular flexibility index (Phi) is 4.12. The van der Waals surface area contributed by atoms with Crippen LogP contribution in [-0.2, 0) is 11.2 Å². The lowest BCUT2D eigenvalue weighted by molar-refractivity contribution is -0.117. The minimum absolute atomic E-state index is 0.0560. The molecule has 0 unspecified atom stereocenters. The molecule has 1 aliphatic rings. The maximum absolute atomic E-state index is 12.4. The van der Waals surface area contributed by atoms with Crippen molar-refractivity contribution in [1.29, 1.82) is 0 Å². The average molecular weight is 388 g/mol. The molecule has 1 saturated carbocycles. The zero-order valence-electron chi connectivity index (χ0n) is 16.9. The van der Waals surface area contributed by atoms with E-state index in [2.05, 4.69) is 39.6 Å². The van der Waals surface area contributed by atoms with Gasteiger partial charge in [-0.15, -0.1) is 0 Å². The fraction of sp³-hybridized carbons (Fsp3) is 0.364. The third-order valence-corrected chi connectivity index (χ3v) is 5.83. The molecular weight excluding hydrogens is 364 g/mol. The lowest BCUT2D eigenvalue weighted by Crippen LogP contribution is -2.13. The van der Waals surface area contributed by atoms with Crippen molar-refractivity contribution in [3.63, 3.8) is 0 Å². The van der Waals surface area contributed by atoms with Gasteiger partial charge < -0.3 is 5.32 Å². The van der Waals surface area contributed by atoms with Gasteiger partial charge in [0.25, 0.3) is 0 Å². The number of anilines is 1. The lowest BCUT2D eigenvalue weighted by atomic mass is 9.93. The average Bonchev–Trinajstić information content (AvgIpc) is 3.37. The van der Waals surface area contributed by atoms with Crippen LogP contribution in [0.2, 0.25) is 0 Å². The molecule has 0 aliphatic heterocycles. The largest absolute Gasteiger partial charge is 0.308 e. The first-order chi connectivity index (χ1) is 14.1. The zero-order valence-corrected chi connectivity index (χ0v) is 16.9. The van der Waals surface area contributed by atoms with Gasteiger partial charge in [-0.3, -0.25) is 15.0 Å². The van der Waals surface area contributed by atoms with Crippen LogP contribution >= 0.6 is 0 Å². The lowest BCUT2D eigenvalue weighted by Gasteiger charge is -2.15. The highest BCUT2D eigenvalue weighted by Crippen LogP contribution is 2.38. The van der Waals surface area contributed by atoms with Crippen LogP contribution in [0.5, 0.6) is 0 Å². The highest BCUT2D eigenvalue weighted by molar-refractivity contribution is 6.15. The van der Waals surface area contributed by atoms with E-state index < -0.39 is 0 Å². The molecule has 5 rings (SSSR count). The summed E-state index contributed by atoms with van der Waals surface area (Å²) in [4.78, 5) is 17.4. The summed E-state index contributed by atoms with van der Waals surface area (Å²) >= 11 is 0. The second-order valence-electron chi connectivity index (χ2n) is 7.94. The molecular formula is C22H24N6O. The molecule has 1 fully saturated rings. The summed E-state index contributed by atoms with van der Waals surface area (Å²) in [6.45, 7) is 6.34. The topological polar surface area (TPSA) is 99.3 Å². The van der Waals surface area contributed by atoms with E-state index >= 15 is 0 Å². The van der Waals surface area contributed by atoms with Crippen molar-refractivity contribution in [2.75, 3.05) is 5.32 Å². The van der Waals surface area contributed by atoms with E-state index in [-0.39, 0.29) is 11.8 Å². The van der Waals surface area contributed by atoms with Crippen molar-refractivity contribution in [1.82, 2.24) is 25.4 Å². The number of nitrogens with one attached hydrogen (secondary N) is 3. The van der Waals surface area contributed by atoms with Crippen molar-refractivity contribution >= 4 is 33.5 Å². The Bertz CT molecular complexity index is 1250. The fourth-order valence-electron chi connectivity index (χ4n) is 4.11. The maximum atomic E-state index is 12.4. The molecule has 0 saturated heterocycles. The van der Waals surface area contributed by atoms with E-state index in [9.17, 15) is 4.79 Å². The highest BCUT2D eigenvalue weighted by atomic mass is 16.2. The van der Waals surface area contributed by atoms with Gasteiger partial charge in [-0.1, -0.05) is 13.3 Å². The number of carbonyl (C=O) groups is 1. The van der Waals surface area contributed by atoms with Gasteiger partial charge in [0.15, 0.2) is 5.82 Å². The number of H-pyrrole nitrogens is 2. The van der Waals surface area contributed by atoms with Crippen molar-refractivity contribution < 1.29 is 4.79 Å². The predicted octanol–water partition coefficient (Wildman–Crippen LogP) is 4.42. The molecule has 0 bridgehead atoms. The van der Waals surface area contributed by atoms with E-state index in [1.54, 1.807) is 0 Å². The summed E-state index contributed by atoms with van der Waals surface area (Å²) < 4.78 is 0. The predicted molar refractivity (Wildman–Crippen MR) is 114 cm³/mol. The Morgan fingerprint density at radius 3 is 2.72 bits per heavy atom. The number of carbonyl (C=O) groups excluding carboxylic acids is 1. The van der Waals surface area contributed by atoms with Crippen molar-refractivity contribution in [2.24, 2.45) is 5.92 Å². The zero-order chi connectivity index (χ0) is 20.1. The Morgan fingerprint density at radius 2 is 2.03 bits per heavy atom. The van der Waals surface area contributed by atoms with Crippen LogP contribution in [-0.4, -0.2) is 31.3 Å². The molecule has 29 heavy (non-hydrogen) atoms. The number of aromatic amines is 2. The molecule has 1 amide bonds. The summed E-state index contributed by atoms with van der Waals surface area (Å²) in [5.74, 6) is 0.782. The molecule has 4 aromatic rings. The SMILES string of the molecule is CCCc1c(-c2cn[nH]c2C)nc2ccc3[nH]nc(NC(=O)C4CC4)c3c2c1C. The second kappa shape index (κ2) is 6.69. The van der Waals surface area contributed by atoms with Gasteiger partial charge in [0.1, 0.15) is 0 Å². The molecule has 3 N–H and O–H groups in total. The molecule has 7 nitrogen and oxygen atoms in total. The summed E-state index contributed by atoms with van der Waals surface area (Å²) in [5.41, 5.74) is 7.23. The molecule has 1 aromatic carbocycles. The molecule has 3 aromatic heterocycles. The van der Waals surface area contributed by atoms with Crippen LogP contribution in [0.4, 0.5) is 5.82 Å². The number of rotatable bonds is 5. The normalized spacial score (nSPS) is 14.0. The number of fused-ring (bicyclic) bond motifs is 3. The molecule has 1 aliphatic carbocycles. The number of pyridine rings is 1. The molecule has 7 heteroatoms. The standard InChI is InChI=1S/C22H24N6O/c1-4-5-14-11(2)18-16(24-20(14)15-10-23-26-12(15)3)8-9-17-19(18)21(28-27-17)25-22(29)13-6-7-13/h8-10,13H,4-7H2,1-3H3,(H,23,26)(H2,25,27,28,29). The van der Waals surface area contributed by atoms with Gasteiger partial charge in [-0.25, -0.2) is 4.98 Å². The van der Waals surface area contributed by atoms with Crippen LogP contribution in [0.3, 0.4) is 0 Å². The molecule has 0 atom stereocenters. The van der Waals surface area contributed by atoms with Crippen molar-refractivity contribution in [3.05, 3.63) is 35.2 Å². The summed E-state index contributed by atoms with van der Waals surface area (Å²) in [6, 6.07) is 4.00. The smallest absolute Gasteiger partial charge is 0.228 e. The monoisotopic (exact) mass is 388 g/mol. The molecule has 0 radical (unpaired) electrons. The summed E-state index contributed by atoms with van der Waals surface area (Å²) in [6.07, 6.45) is 5.71. The highest BCUT2D eigenvalue weighted by Gasteiger charge is 2.30. The third kappa shape index (κ3) is 2.88. The van der Waals surface area contributed by atoms with Gasteiger partial charge in [-0.2, -0.15) is 10.2 Å². The van der Waals surface area contributed by atoms with Gasteiger partial charge in [0, 0.05) is 22.6 Å². The van der Waals surface area contributed by atoms with E-state index in [4.69, 9.17) is 4.98 Å². The second-order valence-corrected chi connectivity index (χ2v) is 7.94. The number of amides is 1. The number of aromatic nitrogens is 5. The van der Waals surface area contributed by atoms with Crippen LogP contribution in [0.25, 0.3) is 33.1 Å². The minimum atomic E-state index is 0.0560. The Labute approximate surface area is 168 Å². The minimum Gasteiger partial charge on any atom is -0.308 e. The van der Waals surface area contributed by atoms with Crippen LogP contribution in [0.1, 0.15) is 43.0 Å². The molecule has 0 spiro atoms. The molecule has 148 valence electrons. The number of hydrogen-bond donors (Lipinski definition) is 3. The van der Waals surface area contributed by atoms with E-state index in [0.29, 0.717) is 5.82 Å². The van der Waals surface area contributed by atoms with Crippen molar-refractivity contribution in [2.45, 2.75) is 46.5 Å². The Morgan fingerprint density at radius 1 is 1.21 bits per heavy atom. The van der Waals surface area contributed by atoms with Crippen LogP contribution in [0.15, 0.2) is 18.3 Å². The van der Waals surface area contributed by atoms with Crippen LogP contribution < -0.4 is 5.32 Å². The first kappa shape index (κ1) is 17.8. The molecule has 3 heterocycles. The Balaban J connectivity index is 1.77. The van der Waals surface area contributed by atoms with Crippen LogP contribution in [0, 0.1) is 19.8 Å². The number of benzene rings is 1. The first-order valence-electron chi connectivity index (χ1n) is 10.2. The summed E-state index contributed by atoms with van der Waals surface area (Å²) in [7, 11) is 0. The van der Waals surface area contributed by atoms with Gasteiger partial charge in [-0.05, 0) is 56.4 Å². The summed E-state index contributed by atoms with van der Waals surface area (Å²) in [5, 5.41) is 19.7. The van der Waals surface area contributed by atoms with Crippen molar-refractivity contribution in [3.8, 4) is 11.3 Å². The Hall–Kier alpha value is -3.22. The quantitative estimate of drug-likeness (QED) is 0.471. The number of hydrogen-bond acceptors (Lipinski definition) is 4. The number of nitrogens with zero attached hydrogens (tertiary/aromatic N) is 3. The number of aryl methyl sites for hydroxylation is 2. The third-order valence-electron chi connectivity index (χ3n) is 5.83.